The van der Waals surface area contributed by atoms with Crippen LogP contribution in [0, 0.1) is 10.8 Å². The van der Waals surface area contributed by atoms with Crippen LogP contribution in [-0.4, -0.2) is 35.6 Å². The largest absolute Gasteiger partial charge is 0.390 e. The van der Waals surface area contributed by atoms with Gasteiger partial charge in [-0.25, -0.2) is 0 Å². The van der Waals surface area contributed by atoms with Crippen molar-refractivity contribution in [1.29, 1.82) is 0 Å². The molecular weight excluding hydrogens is 240 g/mol. The first-order valence-electron chi connectivity index (χ1n) is 7.75. The Hall–Kier alpha value is -0.120. The maximum Gasteiger partial charge on any atom is 0.110 e. The summed E-state index contributed by atoms with van der Waals surface area (Å²) >= 11 is 0. The summed E-state index contributed by atoms with van der Waals surface area (Å²) < 4.78 is 12.0. The fourth-order valence-corrected chi connectivity index (χ4v) is 3.93. The van der Waals surface area contributed by atoms with Gasteiger partial charge in [0.15, 0.2) is 0 Å². The molecule has 5 unspecified atom stereocenters. The second-order valence-corrected chi connectivity index (χ2v) is 8.40. The summed E-state index contributed by atoms with van der Waals surface area (Å²) in [6.07, 6.45) is 5.70. The highest BCUT2D eigenvalue weighted by Gasteiger charge is 2.54. The van der Waals surface area contributed by atoms with Crippen LogP contribution in [0.4, 0.5) is 0 Å². The first-order chi connectivity index (χ1) is 8.76. The average molecular weight is 268 g/mol. The summed E-state index contributed by atoms with van der Waals surface area (Å²) in [6, 6.07) is 0. The molecule has 3 rings (SSSR count). The highest BCUT2D eigenvalue weighted by atomic mass is 16.6. The molecule has 0 bridgehead atoms. The van der Waals surface area contributed by atoms with E-state index in [2.05, 4.69) is 27.7 Å². The molecule has 1 aliphatic heterocycles. The molecule has 0 amide bonds. The second-order valence-electron chi connectivity index (χ2n) is 8.40. The Morgan fingerprint density at radius 3 is 2.42 bits per heavy atom. The highest BCUT2D eigenvalue weighted by Crippen LogP contribution is 2.48. The maximum atomic E-state index is 10.2. The van der Waals surface area contributed by atoms with E-state index >= 15 is 0 Å². The van der Waals surface area contributed by atoms with E-state index in [0.717, 1.165) is 32.1 Å². The number of aliphatic hydroxyl groups is 1. The van der Waals surface area contributed by atoms with Crippen molar-refractivity contribution in [2.75, 3.05) is 0 Å². The molecule has 2 saturated carbocycles. The molecule has 0 aromatic heterocycles. The van der Waals surface area contributed by atoms with Gasteiger partial charge in [0.1, 0.15) is 6.10 Å². The molecule has 19 heavy (non-hydrogen) atoms. The lowest BCUT2D eigenvalue weighted by atomic mass is 9.74. The monoisotopic (exact) mass is 268 g/mol. The lowest BCUT2D eigenvalue weighted by Gasteiger charge is -2.41. The van der Waals surface area contributed by atoms with Crippen LogP contribution in [0.3, 0.4) is 0 Å². The van der Waals surface area contributed by atoms with Crippen LogP contribution in [-0.2, 0) is 9.47 Å². The van der Waals surface area contributed by atoms with Gasteiger partial charge >= 0.3 is 0 Å². The van der Waals surface area contributed by atoms with Gasteiger partial charge < -0.3 is 14.6 Å². The molecule has 5 atom stereocenters. The number of epoxide rings is 1. The van der Waals surface area contributed by atoms with Crippen molar-refractivity contribution in [2.45, 2.75) is 90.3 Å². The van der Waals surface area contributed by atoms with Crippen molar-refractivity contribution in [3.05, 3.63) is 0 Å². The molecule has 1 N–H and O–H groups in total. The van der Waals surface area contributed by atoms with E-state index in [1.807, 2.05) is 0 Å². The van der Waals surface area contributed by atoms with Crippen molar-refractivity contribution >= 4 is 0 Å². The number of rotatable bonds is 2. The van der Waals surface area contributed by atoms with E-state index in [9.17, 15) is 5.11 Å². The summed E-state index contributed by atoms with van der Waals surface area (Å²) in [7, 11) is 0. The predicted octanol–water partition coefficient (Wildman–Crippen LogP) is 2.90. The maximum absolute atomic E-state index is 10.2. The lowest BCUT2D eigenvalue weighted by molar-refractivity contribution is -0.131. The summed E-state index contributed by atoms with van der Waals surface area (Å²) in [4.78, 5) is 0. The van der Waals surface area contributed by atoms with Crippen LogP contribution >= 0.6 is 0 Å². The quantitative estimate of drug-likeness (QED) is 0.783. The molecule has 0 spiro atoms. The number of ether oxygens (including phenoxy) is 2. The second kappa shape index (κ2) is 4.44. The molecule has 1 saturated heterocycles. The van der Waals surface area contributed by atoms with Crippen molar-refractivity contribution < 1.29 is 14.6 Å². The van der Waals surface area contributed by atoms with E-state index in [0.29, 0.717) is 17.6 Å². The predicted molar refractivity (Wildman–Crippen MR) is 74.0 cm³/mol. The van der Waals surface area contributed by atoms with Gasteiger partial charge in [0.2, 0.25) is 0 Å². The smallest absolute Gasteiger partial charge is 0.110 e. The Balaban J connectivity index is 1.64. The SMILES string of the molecule is CC1(C)CCC(O)C(OC2CC(C)(C)CC3OC23)C1. The van der Waals surface area contributed by atoms with E-state index in [1.165, 1.54) is 0 Å². The zero-order valence-corrected chi connectivity index (χ0v) is 12.7. The molecule has 3 nitrogen and oxygen atoms in total. The van der Waals surface area contributed by atoms with Gasteiger partial charge in [0.05, 0.1) is 24.4 Å². The fourth-order valence-electron chi connectivity index (χ4n) is 3.93. The van der Waals surface area contributed by atoms with Crippen LogP contribution in [0.25, 0.3) is 0 Å². The molecule has 0 aromatic carbocycles. The van der Waals surface area contributed by atoms with Gasteiger partial charge in [-0.2, -0.15) is 0 Å². The molecular formula is C16H28O3. The topological polar surface area (TPSA) is 42.0 Å². The molecule has 1 heterocycles. The first kappa shape index (κ1) is 13.8. The number of hydrogen-bond donors (Lipinski definition) is 1. The molecule has 2 aliphatic carbocycles. The van der Waals surface area contributed by atoms with Crippen molar-refractivity contribution in [3.8, 4) is 0 Å². The van der Waals surface area contributed by atoms with Gasteiger partial charge in [0, 0.05) is 0 Å². The standard InChI is InChI=1S/C16H28O3/c1-15(2)6-5-10(17)11(7-15)18-12-8-16(3,4)9-13-14(12)19-13/h10-14,17H,5-9H2,1-4H3. The zero-order valence-electron chi connectivity index (χ0n) is 12.7. The summed E-state index contributed by atoms with van der Waals surface area (Å²) in [5.41, 5.74) is 0.593. The van der Waals surface area contributed by atoms with Gasteiger partial charge in [-0.05, 0) is 42.9 Å². The lowest BCUT2D eigenvalue weighted by Crippen LogP contribution is -2.45. The molecule has 3 fully saturated rings. The Morgan fingerprint density at radius 2 is 1.68 bits per heavy atom. The van der Waals surface area contributed by atoms with E-state index in [-0.39, 0.29) is 23.7 Å². The van der Waals surface area contributed by atoms with E-state index in [1.54, 1.807) is 0 Å². The zero-order chi connectivity index (χ0) is 13.8. The van der Waals surface area contributed by atoms with Gasteiger partial charge in [-0.1, -0.05) is 27.7 Å². The van der Waals surface area contributed by atoms with Crippen LogP contribution in [0.5, 0.6) is 0 Å². The van der Waals surface area contributed by atoms with Crippen molar-refractivity contribution in [2.24, 2.45) is 10.8 Å². The van der Waals surface area contributed by atoms with E-state index < -0.39 is 0 Å². The minimum absolute atomic E-state index is 0.00694. The van der Waals surface area contributed by atoms with Crippen molar-refractivity contribution in [3.63, 3.8) is 0 Å². The molecule has 110 valence electrons. The third-order valence-electron chi connectivity index (χ3n) is 5.15. The molecule has 0 radical (unpaired) electrons. The normalized spacial score (nSPS) is 47.5. The van der Waals surface area contributed by atoms with Gasteiger partial charge in [0.25, 0.3) is 0 Å². The Morgan fingerprint density at radius 1 is 1.00 bits per heavy atom. The van der Waals surface area contributed by atoms with E-state index in [4.69, 9.17) is 9.47 Å². The Bertz CT molecular complexity index is 344. The third-order valence-corrected chi connectivity index (χ3v) is 5.15. The average Bonchev–Trinajstić information content (AvgIpc) is 3.00. The first-order valence-corrected chi connectivity index (χ1v) is 7.75. The van der Waals surface area contributed by atoms with Crippen LogP contribution in [0.1, 0.15) is 59.8 Å². The molecule has 3 heteroatoms. The number of fused-ring (bicyclic) bond motifs is 1. The van der Waals surface area contributed by atoms with Crippen molar-refractivity contribution in [1.82, 2.24) is 0 Å². The summed E-state index contributed by atoms with van der Waals surface area (Å²) in [6.45, 7) is 9.14. The van der Waals surface area contributed by atoms with Gasteiger partial charge in [-0.3, -0.25) is 0 Å². The summed E-state index contributed by atoms with van der Waals surface area (Å²) in [5.74, 6) is 0. The minimum Gasteiger partial charge on any atom is -0.390 e. The fraction of sp³-hybridized carbons (Fsp3) is 1.00. The summed E-state index contributed by atoms with van der Waals surface area (Å²) in [5, 5.41) is 10.2. The third kappa shape index (κ3) is 2.98. The van der Waals surface area contributed by atoms with Crippen LogP contribution in [0.2, 0.25) is 0 Å². The van der Waals surface area contributed by atoms with Gasteiger partial charge in [-0.15, -0.1) is 0 Å². The minimum atomic E-state index is -0.296. The number of aliphatic hydroxyl groups excluding tert-OH is 1. The van der Waals surface area contributed by atoms with Crippen LogP contribution in [0.15, 0.2) is 0 Å². The van der Waals surface area contributed by atoms with Crippen LogP contribution < -0.4 is 0 Å². The molecule has 3 aliphatic rings. The Labute approximate surface area is 116 Å². The molecule has 0 aromatic rings. The highest BCUT2D eigenvalue weighted by molar-refractivity contribution is 5.02. The Kier molecular flexibility index (Phi) is 3.23. The number of hydrogen-bond acceptors (Lipinski definition) is 3.